The Morgan fingerprint density at radius 1 is 0.913 bits per heavy atom. The van der Waals surface area contributed by atoms with Crippen molar-refractivity contribution in [1.82, 2.24) is 9.97 Å². The maximum absolute atomic E-state index is 12.3. The zero-order chi connectivity index (χ0) is 16.2. The molecule has 1 heterocycles. The van der Waals surface area contributed by atoms with Gasteiger partial charge in [-0.3, -0.25) is 9.78 Å². The molecule has 0 radical (unpaired) electrons. The van der Waals surface area contributed by atoms with Gasteiger partial charge in [-0.05, 0) is 30.3 Å². The lowest BCUT2D eigenvalue weighted by molar-refractivity contribution is 0.102. The van der Waals surface area contributed by atoms with Crippen molar-refractivity contribution in [2.24, 2.45) is 5.73 Å². The third-order valence-corrected chi connectivity index (χ3v) is 3.07. The average molecular weight is 307 g/mol. The van der Waals surface area contributed by atoms with Gasteiger partial charge in [-0.25, -0.2) is 9.78 Å². The van der Waals surface area contributed by atoms with Gasteiger partial charge in [0.15, 0.2) is 0 Å². The molecule has 2 aromatic carbocycles. The first-order chi connectivity index (χ1) is 11.1. The predicted molar refractivity (Wildman–Crippen MR) is 87.1 cm³/mol. The molecule has 0 saturated heterocycles. The Balaban J connectivity index is 1.81. The first kappa shape index (κ1) is 14.5. The minimum atomic E-state index is -0.672. The maximum Gasteiger partial charge on any atom is 0.316 e. The summed E-state index contributed by atoms with van der Waals surface area (Å²) in [5.41, 5.74) is 7.63. The molecule has 0 aliphatic rings. The number of carbonyl (C=O) groups is 2. The first-order valence-corrected chi connectivity index (χ1v) is 6.81. The highest BCUT2D eigenvalue weighted by Gasteiger charge is 2.10. The van der Waals surface area contributed by atoms with Gasteiger partial charge < -0.3 is 16.4 Å². The van der Waals surface area contributed by atoms with E-state index in [9.17, 15) is 9.59 Å². The van der Waals surface area contributed by atoms with Crippen LogP contribution in [0, 0.1) is 0 Å². The molecule has 4 N–H and O–H groups in total. The number of nitrogens with two attached hydrogens (primary N) is 1. The Kier molecular flexibility index (Phi) is 3.84. The van der Waals surface area contributed by atoms with E-state index < -0.39 is 6.03 Å². The second kappa shape index (κ2) is 6.10. The van der Waals surface area contributed by atoms with Crippen LogP contribution in [0.2, 0.25) is 0 Å². The number of anilines is 2. The molecule has 3 amide bonds. The zero-order valence-corrected chi connectivity index (χ0v) is 12.0. The average Bonchev–Trinajstić information content (AvgIpc) is 2.54. The number of urea groups is 1. The van der Waals surface area contributed by atoms with E-state index in [-0.39, 0.29) is 11.6 Å². The van der Waals surface area contributed by atoms with Crippen LogP contribution < -0.4 is 16.4 Å². The van der Waals surface area contributed by atoms with Crippen molar-refractivity contribution in [2.75, 3.05) is 10.6 Å². The highest BCUT2D eigenvalue weighted by molar-refractivity contribution is 6.04. The number of nitrogens with zero attached hydrogens (tertiary/aromatic N) is 2. The van der Waals surface area contributed by atoms with Gasteiger partial charge in [0.25, 0.3) is 5.91 Å². The number of primary amides is 1. The van der Waals surface area contributed by atoms with E-state index in [0.29, 0.717) is 16.9 Å². The summed E-state index contributed by atoms with van der Waals surface area (Å²) in [6.07, 6.45) is 1.42. The molecule has 0 atom stereocenters. The normalized spacial score (nSPS) is 10.3. The molecule has 0 unspecified atom stereocenters. The largest absolute Gasteiger partial charge is 0.351 e. The van der Waals surface area contributed by atoms with Gasteiger partial charge in [0.05, 0.1) is 17.2 Å². The molecular weight excluding hydrogens is 294 g/mol. The van der Waals surface area contributed by atoms with Gasteiger partial charge in [-0.1, -0.05) is 18.2 Å². The Hall–Kier alpha value is -3.48. The van der Waals surface area contributed by atoms with Crippen LogP contribution in [0.4, 0.5) is 16.2 Å². The number of rotatable bonds is 3. The number of nitrogens with one attached hydrogen (secondary N) is 2. The molecule has 0 saturated carbocycles. The molecule has 0 aliphatic carbocycles. The minimum absolute atomic E-state index is 0.206. The second-order valence-corrected chi connectivity index (χ2v) is 4.77. The number of para-hydroxylation sites is 2. The van der Waals surface area contributed by atoms with Crippen molar-refractivity contribution in [3.05, 3.63) is 60.4 Å². The number of aromatic nitrogens is 2. The summed E-state index contributed by atoms with van der Waals surface area (Å²) in [5, 5.41) is 5.14. The van der Waals surface area contributed by atoms with Crippen molar-refractivity contribution in [3.63, 3.8) is 0 Å². The van der Waals surface area contributed by atoms with Gasteiger partial charge >= 0.3 is 6.03 Å². The quantitative estimate of drug-likeness (QED) is 0.690. The molecule has 0 aliphatic heterocycles. The topological polar surface area (TPSA) is 110 Å². The van der Waals surface area contributed by atoms with Crippen molar-refractivity contribution in [2.45, 2.75) is 0 Å². The third-order valence-electron chi connectivity index (χ3n) is 3.07. The van der Waals surface area contributed by atoms with Crippen LogP contribution in [0.25, 0.3) is 11.0 Å². The molecule has 3 aromatic rings. The summed E-state index contributed by atoms with van der Waals surface area (Å²) < 4.78 is 0. The molecule has 7 nitrogen and oxygen atoms in total. The van der Waals surface area contributed by atoms with Crippen LogP contribution in [0.1, 0.15) is 10.5 Å². The summed E-state index contributed by atoms with van der Waals surface area (Å²) in [7, 11) is 0. The molecule has 7 heteroatoms. The summed E-state index contributed by atoms with van der Waals surface area (Å²) in [6, 6.07) is 13.3. The lowest BCUT2D eigenvalue weighted by Crippen LogP contribution is -2.19. The fourth-order valence-electron chi connectivity index (χ4n) is 2.08. The van der Waals surface area contributed by atoms with Gasteiger partial charge in [-0.2, -0.15) is 0 Å². The molecular formula is C16H13N5O2. The lowest BCUT2D eigenvalue weighted by atomic mass is 10.2. The number of hydrogen-bond donors (Lipinski definition) is 3. The highest BCUT2D eigenvalue weighted by Crippen LogP contribution is 2.16. The van der Waals surface area contributed by atoms with Crippen LogP contribution in [-0.2, 0) is 0 Å². The Morgan fingerprint density at radius 2 is 1.61 bits per heavy atom. The Bertz CT molecular complexity index is 894. The van der Waals surface area contributed by atoms with Crippen molar-refractivity contribution in [1.29, 1.82) is 0 Å². The predicted octanol–water partition coefficient (Wildman–Crippen LogP) is 2.37. The molecule has 114 valence electrons. The fraction of sp³-hybridized carbons (Fsp3) is 0. The van der Waals surface area contributed by atoms with E-state index in [4.69, 9.17) is 5.73 Å². The number of benzene rings is 2. The molecule has 0 bridgehead atoms. The highest BCUT2D eigenvalue weighted by atomic mass is 16.2. The van der Waals surface area contributed by atoms with Crippen LogP contribution in [-0.4, -0.2) is 21.9 Å². The number of carbonyl (C=O) groups excluding carboxylic acids is 2. The van der Waals surface area contributed by atoms with Crippen LogP contribution in [0.3, 0.4) is 0 Å². The molecule has 0 fully saturated rings. The van der Waals surface area contributed by atoms with E-state index in [1.54, 1.807) is 30.3 Å². The molecule has 0 spiro atoms. The lowest BCUT2D eigenvalue weighted by Gasteiger charge is -2.07. The van der Waals surface area contributed by atoms with Crippen molar-refractivity contribution < 1.29 is 9.59 Å². The van der Waals surface area contributed by atoms with Gasteiger partial charge in [-0.15, -0.1) is 0 Å². The smallest absolute Gasteiger partial charge is 0.316 e. The Labute approximate surface area is 131 Å². The van der Waals surface area contributed by atoms with Crippen LogP contribution in [0.5, 0.6) is 0 Å². The van der Waals surface area contributed by atoms with Gasteiger partial charge in [0.2, 0.25) is 0 Å². The Morgan fingerprint density at radius 3 is 2.35 bits per heavy atom. The van der Waals surface area contributed by atoms with Crippen molar-refractivity contribution >= 4 is 34.3 Å². The van der Waals surface area contributed by atoms with E-state index in [0.717, 1.165) is 5.52 Å². The second-order valence-electron chi connectivity index (χ2n) is 4.77. The standard InChI is InChI=1S/C16H13N5O2/c17-16(23)20-11-5-3-4-10(8-11)19-15(22)14-9-18-12-6-1-2-7-13(12)21-14/h1-9H,(H,19,22)(H3,17,20,23). The summed E-state index contributed by atoms with van der Waals surface area (Å²) >= 11 is 0. The maximum atomic E-state index is 12.3. The van der Waals surface area contributed by atoms with E-state index in [1.165, 1.54) is 6.20 Å². The summed E-state index contributed by atoms with van der Waals surface area (Å²) in [4.78, 5) is 31.6. The monoisotopic (exact) mass is 307 g/mol. The van der Waals surface area contributed by atoms with E-state index in [1.807, 2.05) is 18.2 Å². The fourth-order valence-corrected chi connectivity index (χ4v) is 2.08. The van der Waals surface area contributed by atoms with E-state index >= 15 is 0 Å². The number of fused-ring (bicyclic) bond motifs is 1. The summed E-state index contributed by atoms with van der Waals surface area (Å²) in [6.45, 7) is 0. The first-order valence-electron chi connectivity index (χ1n) is 6.81. The number of hydrogen-bond acceptors (Lipinski definition) is 4. The van der Waals surface area contributed by atoms with Gasteiger partial charge in [0, 0.05) is 11.4 Å². The van der Waals surface area contributed by atoms with Gasteiger partial charge in [0.1, 0.15) is 5.69 Å². The SMILES string of the molecule is NC(=O)Nc1cccc(NC(=O)c2cnc3ccccc3n2)c1. The molecule has 1 aromatic heterocycles. The molecule has 3 rings (SSSR count). The minimum Gasteiger partial charge on any atom is -0.351 e. The van der Waals surface area contributed by atoms with Crippen LogP contribution >= 0.6 is 0 Å². The van der Waals surface area contributed by atoms with Crippen molar-refractivity contribution in [3.8, 4) is 0 Å². The van der Waals surface area contributed by atoms with E-state index in [2.05, 4.69) is 20.6 Å². The molecule has 23 heavy (non-hydrogen) atoms. The number of amides is 3. The third kappa shape index (κ3) is 3.41. The van der Waals surface area contributed by atoms with Crippen LogP contribution in [0.15, 0.2) is 54.7 Å². The summed E-state index contributed by atoms with van der Waals surface area (Å²) in [5.74, 6) is -0.389. The zero-order valence-electron chi connectivity index (χ0n) is 12.0.